The molecule has 0 spiro atoms. The molecule has 0 radical (unpaired) electrons. The number of hydrogen-bond donors (Lipinski definition) is 3. The van der Waals surface area contributed by atoms with Gasteiger partial charge in [0.05, 0.1) is 12.5 Å². The van der Waals surface area contributed by atoms with E-state index >= 15 is 0 Å². The fourth-order valence-corrected chi connectivity index (χ4v) is 1.81. The van der Waals surface area contributed by atoms with Gasteiger partial charge in [-0.1, -0.05) is 20.8 Å². The third-order valence-corrected chi connectivity index (χ3v) is 2.60. The minimum atomic E-state index is -0.931. The van der Waals surface area contributed by atoms with Crippen LogP contribution in [0.3, 0.4) is 0 Å². The van der Waals surface area contributed by atoms with Crippen molar-refractivity contribution in [1.82, 2.24) is 5.32 Å². The number of rotatable bonds is 8. The molecule has 6 heteroatoms. The predicted molar refractivity (Wildman–Crippen MR) is 72.7 cm³/mol. The van der Waals surface area contributed by atoms with Crippen molar-refractivity contribution in [3.63, 3.8) is 0 Å². The van der Waals surface area contributed by atoms with Gasteiger partial charge in [0.15, 0.2) is 0 Å². The molecule has 6 nitrogen and oxygen atoms in total. The first-order chi connectivity index (χ1) is 8.65. The number of nitrogens with one attached hydrogen (secondary N) is 1. The number of aliphatic carboxylic acids is 1. The zero-order valence-corrected chi connectivity index (χ0v) is 12.2. The van der Waals surface area contributed by atoms with E-state index in [0.717, 1.165) is 0 Å². The van der Waals surface area contributed by atoms with Gasteiger partial charge in [-0.05, 0) is 18.3 Å². The largest absolute Gasteiger partial charge is 0.481 e. The van der Waals surface area contributed by atoms with Crippen LogP contribution < -0.4 is 11.1 Å². The predicted octanol–water partition coefficient (Wildman–Crippen LogP) is 0.746. The van der Waals surface area contributed by atoms with Crippen LogP contribution >= 0.6 is 0 Å². The summed E-state index contributed by atoms with van der Waals surface area (Å²) >= 11 is 0. The van der Waals surface area contributed by atoms with Crippen LogP contribution in [0.15, 0.2) is 0 Å². The highest BCUT2D eigenvalue weighted by atomic mass is 16.5. The van der Waals surface area contributed by atoms with Crippen molar-refractivity contribution >= 4 is 11.9 Å². The van der Waals surface area contributed by atoms with Crippen LogP contribution in [0.4, 0.5) is 0 Å². The van der Waals surface area contributed by atoms with E-state index in [1.807, 2.05) is 20.8 Å². The van der Waals surface area contributed by atoms with E-state index in [9.17, 15) is 9.59 Å². The molecule has 0 aromatic heterocycles. The molecule has 0 bridgehead atoms. The van der Waals surface area contributed by atoms with Gasteiger partial charge in [0.1, 0.15) is 0 Å². The molecule has 1 amide bonds. The molecule has 0 aliphatic rings. The number of amides is 1. The van der Waals surface area contributed by atoms with Gasteiger partial charge in [0.2, 0.25) is 5.91 Å². The summed E-state index contributed by atoms with van der Waals surface area (Å²) in [6.45, 7) is 6.40. The van der Waals surface area contributed by atoms with Crippen LogP contribution in [0.25, 0.3) is 0 Å². The second-order valence-corrected chi connectivity index (χ2v) is 5.96. The van der Waals surface area contributed by atoms with Gasteiger partial charge in [-0.15, -0.1) is 0 Å². The standard InChI is InChI=1S/C13H26N2O4/c1-13(2,3)8-9(7-11(16)17)15-12(18)10(14)5-6-19-4/h9-10H,5-8,14H2,1-4H3,(H,15,18)(H,16,17). The molecule has 4 N–H and O–H groups in total. The number of carbonyl (C=O) groups excluding carboxylic acids is 1. The number of carbonyl (C=O) groups is 2. The fraction of sp³-hybridized carbons (Fsp3) is 0.846. The number of nitrogens with two attached hydrogens (primary N) is 1. The van der Waals surface area contributed by atoms with Gasteiger partial charge in [0.25, 0.3) is 0 Å². The summed E-state index contributed by atoms with van der Waals surface area (Å²) in [5.74, 6) is -1.26. The molecule has 19 heavy (non-hydrogen) atoms. The van der Waals surface area contributed by atoms with E-state index in [4.69, 9.17) is 15.6 Å². The quantitative estimate of drug-likeness (QED) is 0.606. The Morgan fingerprint density at radius 1 is 1.37 bits per heavy atom. The maximum Gasteiger partial charge on any atom is 0.305 e. The zero-order chi connectivity index (χ0) is 15.1. The van der Waals surface area contributed by atoms with E-state index in [-0.39, 0.29) is 17.7 Å². The first kappa shape index (κ1) is 17.9. The molecular weight excluding hydrogens is 248 g/mol. The van der Waals surface area contributed by atoms with Crippen LogP contribution in [0.5, 0.6) is 0 Å². The Morgan fingerprint density at radius 2 is 1.95 bits per heavy atom. The van der Waals surface area contributed by atoms with Gasteiger partial charge >= 0.3 is 5.97 Å². The van der Waals surface area contributed by atoms with Gasteiger partial charge in [0, 0.05) is 19.8 Å². The summed E-state index contributed by atoms with van der Waals surface area (Å²) in [6.07, 6.45) is 0.902. The molecule has 0 fully saturated rings. The summed E-state index contributed by atoms with van der Waals surface area (Å²) in [5.41, 5.74) is 5.64. The Labute approximate surface area is 114 Å². The molecule has 0 rings (SSSR count). The fourth-order valence-electron chi connectivity index (χ4n) is 1.81. The summed E-state index contributed by atoms with van der Waals surface area (Å²) in [5, 5.41) is 11.6. The number of carboxylic acid groups (broad SMARTS) is 1. The maximum atomic E-state index is 11.8. The van der Waals surface area contributed by atoms with E-state index in [2.05, 4.69) is 5.32 Å². The van der Waals surface area contributed by atoms with Gasteiger partial charge in [-0.25, -0.2) is 0 Å². The molecule has 2 unspecified atom stereocenters. The van der Waals surface area contributed by atoms with Crippen molar-refractivity contribution in [2.24, 2.45) is 11.1 Å². The molecule has 0 heterocycles. The molecule has 2 atom stereocenters. The second kappa shape index (κ2) is 8.12. The van der Waals surface area contributed by atoms with E-state index < -0.39 is 18.1 Å². The average molecular weight is 274 g/mol. The Kier molecular flexibility index (Phi) is 7.63. The molecule has 0 aromatic rings. The van der Waals surface area contributed by atoms with E-state index in [0.29, 0.717) is 19.4 Å². The molecular formula is C13H26N2O4. The molecule has 0 aliphatic carbocycles. The topological polar surface area (TPSA) is 102 Å². The van der Waals surface area contributed by atoms with Crippen LogP contribution in [0.1, 0.15) is 40.0 Å². The van der Waals surface area contributed by atoms with Gasteiger partial charge < -0.3 is 20.9 Å². The molecule has 0 aromatic carbocycles. The van der Waals surface area contributed by atoms with Gasteiger partial charge in [-0.3, -0.25) is 9.59 Å². The molecule has 0 aliphatic heterocycles. The summed E-state index contributed by atoms with van der Waals surface area (Å²) in [4.78, 5) is 22.7. The first-order valence-electron chi connectivity index (χ1n) is 6.42. The van der Waals surface area contributed by atoms with Crippen molar-refractivity contribution in [3.05, 3.63) is 0 Å². The van der Waals surface area contributed by atoms with Crippen LogP contribution in [-0.4, -0.2) is 42.8 Å². The summed E-state index contributed by atoms with van der Waals surface area (Å²) in [6, 6.07) is -1.07. The summed E-state index contributed by atoms with van der Waals surface area (Å²) in [7, 11) is 1.54. The Balaban J connectivity index is 4.45. The SMILES string of the molecule is COCCC(N)C(=O)NC(CC(=O)O)CC(C)(C)C. The van der Waals surface area contributed by atoms with Crippen molar-refractivity contribution in [2.75, 3.05) is 13.7 Å². The lowest BCUT2D eigenvalue weighted by Crippen LogP contribution is -2.47. The lowest BCUT2D eigenvalue weighted by Gasteiger charge is -2.26. The lowest BCUT2D eigenvalue weighted by molar-refractivity contribution is -0.138. The smallest absolute Gasteiger partial charge is 0.305 e. The minimum Gasteiger partial charge on any atom is -0.481 e. The van der Waals surface area contributed by atoms with Crippen LogP contribution in [-0.2, 0) is 14.3 Å². The highest BCUT2D eigenvalue weighted by Gasteiger charge is 2.24. The van der Waals surface area contributed by atoms with Gasteiger partial charge in [-0.2, -0.15) is 0 Å². The molecule has 0 saturated heterocycles. The number of methoxy groups -OCH3 is 1. The maximum absolute atomic E-state index is 11.8. The van der Waals surface area contributed by atoms with Crippen molar-refractivity contribution in [2.45, 2.75) is 52.1 Å². The van der Waals surface area contributed by atoms with E-state index in [1.54, 1.807) is 0 Å². The third-order valence-electron chi connectivity index (χ3n) is 2.60. The molecule has 112 valence electrons. The average Bonchev–Trinajstić information content (AvgIpc) is 2.22. The zero-order valence-electron chi connectivity index (χ0n) is 12.2. The highest BCUT2D eigenvalue weighted by molar-refractivity contribution is 5.82. The minimum absolute atomic E-state index is 0.0655. The number of hydrogen-bond acceptors (Lipinski definition) is 4. The van der Waals surface area contributed by atoms with Crippen LogP contribution in [0.2, 0.25) is 0 Å². The van der Waals surface area contributed by atoms with E-state index in [1.165, 1.54) is 7.11 Å². The lowest BCUT2D eigenvalue weighted by atomic mass is 9.87. The Bertz CT molecular complexity index is 300. The van der Waals surface area contributed by atoms with Crippen molar-refractivity contribution < 1.29 is 19.4 Å². The Morgan fingerprint density at radius 3 is 2.37 bits per heavy atom. The van der Waals surface area contributed by atoms with Crippen molar-refractivity contribution in [1.29, 1.82) is 0 Å². The van der Waals surface area contributed by atoms with Crippen LogP contribution in [0, 0.1) is 5.41 Å². The molecule has 0 saturated carbocycles. The monoisotopic (exact) mass is 274 g/mol. The second-order valence-electron chi connectivity index (χ2n) is 5.96. The Hall–Kier alpha value is -1.14. The normalized spacial score (nSPS) is 14.8. The summed E-state index contributed by atoms with van der Waals surface area (Å²) < 4.78 is 4.86. The van der Waals surface area contributed by atoms with Crippen molar-refractivity contribution in [3.8, 4) is 0 Å². The number of carboxylic acids is 1. The first-order valence-corrected chi connectivity index (χ1v) is 6.42. The third kappa shape index (κ3) is 9.44. The number of ether oxygens (including phenoxy) is 1. The highest BCUT2D eigenvalue weighted by Crippen LogP contribution is 2.22.